The van der Waals surface area contributed by atoms with Gasteiger partial charge in [-0.15, -0.1) is 22.7 Å². The number of carbonyl (C=O) groups is 1. The standard InChI is InChI=1S/C20H19N3O5S3/c24-19(15-3-1-7-23(15)31(25,26)18-4-2-10-29-18)22-20-21-14(12-30-20)13-5-6-16-17(11-13)28-9-8-27-16/h2,4-6,10-12,15H,1,3,7-9H2,(H,21,22,24). The molecule has 31 heavy (non-hydrogen) atoms. The second kappa shape index (κ2) is 8.23. The first kappa shape index (κ1) is 20.4. The minimum Gasteiger partial charge on any atom is -0.486 e. The van der Waals surface area contributed by atoms with Gasteiger partial charge in [-0.1, -0.05) is 6.07 Å². The van der Waals surface area contributed by atoms with Crippen LogP contribution in [-0.4, -0.2) is 49.4 Å². The van der Waals surface area contributed by atoms with Crippen LogP contribution in [-0.2, 0) is 14.8 Å². The van der Waals surface area contributed by atoms with Gasteiger partial charge in [-0.05, 0) is 42.5 Å². The van der Waals surface area contributed by atoms with E-state index in [1.54, 1.807) is 17.5 Å². The fraction of sp³-hybridized carbons (Fsp3) is 0.300. The summed E-state index contributed by atoms with van der Waals surface area (Å²) in [6, 6.07) is 8.11. The Hall–Kier alpha value is -2.47. The van der Waals surface area contributed by atoms with Crippen molar-refractivity contribution < 1.29 is 22.7 Å². The number of thiophene rings is 1. The van der Waals surface area contributed by atoms with Crippen molar-refractivity contribution in [1.82, 2.24) is 9.29 Å². The first-order valence-corrected chi connectivity index (χ1v) is 12.9. The number of sulfonamides is 1. The van der Waals surface area contributed by atoms with Crippen molar-refractivity contribution in [1.29, 1.82) is 0 Å². The SMILES string of the molecule is O=C(Nc1nc(-c2ccc3c(c2)OCCO3)cs1)C1CCCN1S(=O)(=O)c1cccs1. The number of nitrogens with zero attached hydrogens (tertiary/aromatic N) is 2. The maximum absolute atomic E-state index is 12.9. The molecular formula is C20H19N3O5S3. The summed E-state index contributed by atoms with van der Waals surface area (Å²) in [6.45, 7) is 1.36. The van der Waals surface area contributed by atoms with Crippen LogP contribution in [0.15, 0.2) is 45.3 Å². The van der Waals surface area contributed by atoms with Crippen LogP contribution in [0.1, 0.15) is 12.8 Å². The van der Waals surface area contributed by atoms with Crippen LogP contribution in [0.3, 0.4) is 0 Å². The zero-order chi connectivity index (χ0) is 21.4. The number of nitrogens with one attached hydrogen (secondary N) is 1. The number of rotatable bonds is 5. The molecule has 1 saturated heterocycles. The summed E-state index contributed by atoms with van der Waals surface area (Å²) in [5.74, 6) is 1.01. The Kier molecular flexibility index (Phi) is 5.42. The summed E-state index contributed by atoms with van der Waals surface area (Å²) in [5.41, 5.74) is 1.55. The van der Waals surface area contributed by atoms with Crippen molar-refractivity contribution in [3.63, 3.8) is 0 Å². The summed E-state index contributed by atoms with van der Waals surface area (Å²) in [7, 11) is -3.68. The molecule has 0 spiro atoms. The normalized spacial score (nSPS) is 18.8. The molecule has 0 radical (unpaired) electrons. The van der Waals surface area contributed by atoms with E-state index < -0.39 is 16.1 Å². The molecule has 1 amide bonds. The number of aromatic nitrogens is 1. The van der Waals surface area contributed by atoms with Gasteiger partial charge < -0.3 is 14.8 Å². The quantitative estimate of drug-likeness (QED) is 0.605. The highest BCUT2D eigenvalue weighted by molar-refractivity contribution is 7.91. The first-order valence-electron chi connectivity index (χ1n) is 9.74. The molecule has 1 unspecified atom stereocenters. The Balaban J connectivity index is 1.32. The highest BCUT2D eigenvalue weighted by Crippen LogP contribution is 2.36. The Morgan fingerprint density at radius 2 is 2.00 bits per heavy atom. The molecule has 2 aliphatic heterocycles. The predicted molar refractivity (Wildman–Crippen MR) is 118 cm³/mol. The zero-order valence-electron chi connectivity index (χ0n) is 16.3. The summed E-state index contributed by atoms with van der Waals surface area (Å²) >= 11 is 2.45. The predicted octanol–water partition coefficient (Wildman–Crippen LogP) is 3.43. The minimum absolute atomic E-state index is 0.252. The van der Waals surface area contributed by atoms with E-state index in [0.29, 0.717) is 54.9 Å². The minimum atomic E-state index is -3.68. The van der Waals surface area contributed by atoms with E-state index in [-0.39, 0.29) is 10.1 Å². The molecule has 4 heterocycles. The van der Waals surface area contributed by atoms with Crippen LogP contribution >= 0.6 is 22.7 Å². The molecule has 1 atom stereocenters. The van der Waals surface area contributed by atoms with Crippen LogP contribution in [0, 0.1) is 0 Å². The topological polar surface area (TPSA) is 97.8 Å². The molecular weight excluding hydrogens is 458 g/mol. The van der Waals surface area contributed by atoms with Crippen molar-refractivity contribution >= 4 is 43.7 Å². The largest absolute Gasteiger partial charge is 0.486 e. The number of hydrogen-bond acceptors (Lipinski definition) is 8. The third kappa shape index (κ3) is 3.93. The maximum atomic E-state index is 12.9. The molecule has 1 N–H and O–H groups in total. The van der Waals surface area contributed by atoms with Crippen LogP contribution in [0.2, 0.25) is 0 Å². The summed E-state index contributed by atoms with van der Waals surface area (Å²) in [4.78, 5) is 17.4. The lowest BCUT2D eigenvalue weighted by molar-refractivity contribution is -0.119. The zero-order valence-corrected chi connectivity index (χ0v) is 18.8. The highest BCUT2D eigenvalue weighted by atomic mass is 32.2. The highest BCUT2D eigenvalue weighted by Gasteiger charge is 2.40. The van der Waals surface area contributed by atoms with Gasteiger partial charge in [-0.3, -0.25) is 4.79 Å². The van der Waals surface area contributed by atoms with E-state index in [1.807, 2.05) is 23.6 Å². The monoisotopic (exact) mass is 477 g/mol. The van der Waals surface area contributed by atoms with Crippen molar-refractivity contribution in [3.05, 3.63) is 41.1 Å². The second-order valence-electron chi connectivity index (χ2n) is 7.09. The number of hydrogen-bond donors (Lipinski definition) is 1. The van der Waals surface area contributed by atoms with Crippen LogP contribution in [0.4, 0.5) is 5.13 Å². The molecule has 2 aromatic heterocycles. The van der Waals surface area contributed by atoms with Gasteiger partial charge in [-0.2, -0.15) is 4.31 Å². The Bertz CT molecular complexity index is 1210. The van der Waals surface area contributed by atoms with Crippen LogP contribution < -0.4 is 14.8 Å². The number of fused-ring (bicyclic) bond motifs is 1. The Labute approximate surface area is 187 Å². The molecule has 3 aromatic rings. The van der Waals surface area contributed by atoms with Gasteiger partial charge in [-0.25, -0.2) is 13.4 Å². The smallest absolute Gasteiger partial charge is 0.253 e. The average molecular weight is 478 g/mol. The fourth-order valence-electron chi connectivity index (χ4n) is 3.67. The molecule has 0 bridgehead atoms. The van der Waals surface area contributed by atoms with Crippen molar-refractivity contribution in [2.24, 2.45) is 0 Å². The fourth-order valence-corrected chi connectivity index (χ4v) is 7.17. The van der Waals surface area contributed by atoms with E-state index in [0.717, 1.165) is 16.9 Å². The molecule has 162 valence electrons. The van der Waals surface area contributed by atoms with Gasteiger partial charge >= 0.3 is 0 Å². The molecule has 0 aliphatic carbocycles. The number of anilines is 1. The van der Waals surface area contributed by atoms with E-state index in [9.17, 15) is 13.2 Å². The second-order valence-corrected chi connectivity index (χ2v) is 11.0. The van der Waals surface area contributed by atoms with Crippen LogP contribution in [0.25, 0.3) is 11.3 Å². The summed E-state index contributed by atoms with van der Waals surface area (Å²) < 4.78 is 38.5. The molecule has 1 aromatic carbocycles. The lowest BCUT2D eigenvalue weighted by Crippen LogP contribution is -2.42. The number of carbonyl (C=O) groups excluding carboxylic acids is 1. The first-order chi connectivity index (χ1) is 15.0. The Morgan fingerprint density at radius 3 is 2.81 bits per heavy atom. The van der Waals surface area contributed by atoms with E-state index in [4.69, 9.17) is 9.47 Å². The molecule has 8 nitrogen and oxygen atoms in total. The average Bonchev–Trinajstić information content (AvgIpc) is 3.55. The van der Waals surface area contributed by atoms with Gasteiger partial charge in [0.1, 0.15) is 23.5 Å². The van der Waals surface area contributed by atoms with Gasteiger partial charge in [0.2, 0.25) is 5.91 Å². The van der Waals surface area contributed by atoms with Crippen LogP contribution in [0.5, 0.6) is 11.5 Å². The third-order valence-corrected chi connectivity index (χ3v) is 9.18. The van der Waals surface area contributed by atoms with Crippen molar-refractivity contribution in [3.8, 4) is 22.8 Å². The van der Waals surface area contributed by atoms with E-state index >= 15 is 0 Å². The Morgan fingerprint density at radius 1 is 1.16 bits per heavy atom. The number of benzene rings is 1. The van der Waals surface area contributed by atoms with Gasteiger partial charge in [0.25, 0.3) is 10.0 Å². The molecule has 5 rings (SSSR count). The molecule has 2 aliphatic rings. The summed E-state index contributed by atoms with van der Waals surface area (Å²) in [6.07, 6.45) is 1.12. The lowest BCUT2D eigenvalue weighted by atomic mass is 10.1. The van der Waals surface area contributed by atoms with Crippen molar-refractivity contribution in [2.75, 3.05) is 25.1 Å². The van der Waals surface area contributed by atoms with Crippen molar-refractivity contribution in [2.45, 2.75) is 23.1 Å². The van der Waals surface area contributed by atoms with Gasteiger partial charge in [0, 0.05) is 17.5 Å². The number of thiazole rings is 1. The summed E-state index contributed by atoms with van der Waals surface area (Å²) in [5, 5.41) is 6.78. The maximum Gasteiger partial charge on any atom is 0.253 e. The number of ether oxygens (including phenoxy) is 2. The molecule has 11 heteroatoms. The molecule has 0 saturated carbocycles. The molecule has 1 fully saturated rings. The third-order valence-electron chi connectivity index (χ3n) is 5.14. The van der Waals surface area contributed by atoms with Gasteiger partial charge in [0.05, 0.1) is 5.69 Å². The van der Waals surface area contributed by atoms with Gasteiger partial charge in [0.15, 0.2) is 16.6 Å². The number of amides is 1. The van der Waals surface area contributed by atoms with E-state index in [2.05, 4.69) is 10.3 Å². The van der Waals surface area contributed by atoms with E-state index in [1.165, 1.54) is 15.6 Å². The lowest BCUT2D eigenvalue weighted by Gasteiger charge is -2.22.